The summed E-state index contributed by atoms with van der Waals surface area (Å²) in [5, 5.41) is 1.19. The summed E-state index contributed by atoms with van der Waals surface area (Å²) in [7, 11) is -0.706. The number of halogens is 1. The van der Waals surface area contributed by atoms with Gasteiger partial charge in [-0.1, -0.05) is 18.5 Å². The number of methoxy groups -OCH3 is 2. The Hall–Kier alpha value is -2.55. The summed E-state index contributed by atoms with van der Waals surface area (Å²) in [4.78, 5) is 9.31. The average molecular weight is 476 g/mol. The van der Waals surface area contributed by atoms with Gasteiger partial charge in [-0.05, 0) is 36.9 Å². The molecule has 0 radical (unpaired) electrons. The van der Waals surface area contributed by atoms with Crippen molar-refractivity contribution < 1.29 is 17.9 Å². The minimum Gasteiger partial charge on any atom is -0.493 e. The number of aromatic nitrogens is 1. The molecule has 0 bridgehead atoms. The van der Waals surface area contributed by atoms with Crippen LogP contribution in [0, 0.1) is 0 Å². The maximum atomic E-state index is 13.7. The van der Waals surface area contributed by atoms with Crippen LogP contribution < -0.4 is 14.4 Å². The fourth-order valence-electron chi connectivity index (χ4n) is 4.04. The Labute approximate surface area is 193 Å². The second-order valence-corrected chi connectivity index (χ2v) is 9.93. The molecule has 0 spiro atoms. The highest BCUT2D eigenvalue weighted by atomic mass is 35.5. The van der Waals surface area contributed by atoms with Crippen molar-refractivity contribution in [1.29, 1.82) is 0 Å². The van der Waals surface area contributed by atoms with E-state index in [0.29, 0.717) is 46.2 Å². The molecule has 1 fully saturated rings. The Morgan fingerprint density at radius 3 is 2.22 bits per heavy atom. The second kappa shape index (κ2) is 9.13. The van der Waals surface area contributed by atoms with Gasteiger partial charge in [0.15, 0.2) is 11.5 Å². The van der Waals surface area contributed by atoms with Crippen molar-refractivity contribution in [2.75, 3.05) is 51.8 Å². The number of nitrogens with zero attached hydrogens (tertiary/aromatic N) is 3. The highest BCUT2D eigenvalue weighted by Crippen LogP contribution is 2.40. The Bertz CT molecular complexity index is 1220. The average Bonchev–Trinajstić information content (AvgIpc) is 2.82. The Morgan fingerprint density at radius 2 is 1.62 bits per heavy atom. The number of likely N-dealkylation sites (N-methyl/N-ethyl adjacent to an activating group) is 1. The molecule has 0 N–H and O–H groups in total. The van der Waals surface area contributed by atoms with Crippen LogP contribution in [0.5, 0.6) is 11.5 Å². The van der Waals surface area contributed by atoms with E-state index in [4.69, 9.17) is 21.1 Å². The molecule has 2 aromatic carbocycles. The topological polar surface area (TPSA) is 72.0 Å². The van der Waals surface area contributed by atoms with Crippen LogP contribution in [-0.2, 0) is 9.84 Å². The van der Waals surface area contributed by atoms with Gasteiger partial charge in [-0.2, -0.15) is 0 Å². The molecule has 0 unspecified atom stereocenters. The predicted octanol–water partition coefficient (Wildman–Crippen LogP) is 3.88. The van der Waals surface area contributed by atoms with Gasteiger partial charge in [-0.15, -0.1) is 0 Å². The second-order valence-electron chi connectivity index (χ2n) is 7.57. The Balaban J connectivity index is 1.95. The van der Waals surface area contributed by atoms with Crippen LogP contribution in [-0.4, -0.2) is 65.2 Å². The first-order valence-corrected chi connectivity index (χ1v) is 12.3. The number of pyridine rings is 1. The van der Waals surface area contributed by atoms with Crippen molar-refractivity contribution in [3.8, 4) is 11.5 Å². The van der Waals surface area contributed by atoms with Crippen LogP contribution in [0.2, 0.25) is 5.02 Å². The zero-order valence-corrected chi connectivity index (χ0v) is 19.9. The van der Waals surface area contributed by atoms with Crippen molar-refractivity contribution in [3.05, 3.63) is 47.6 Å². The molecule has 170 valence electrons. The molecule has 1 aliphatic rings. The summed E-state index contributed by atoms with van der Waals surface area (Å²) in [6.45, 7) is 6.23. The van der Waals surface area contributed by atoms with Gasteiger partial charge in [-0.25, -0.2) is 8.42 Å². The van der Waals surface area contributed by atoms with E-state index in [-0.39, 0.29) is 9.79 Å². The van der Waals surface area contributed by atoms with E-state index < -0.39 is 9.84 Å². The van der Waals surface area contributed by atoms with Crippen LogP contribution in [0.4, 0.5) is 5.69 Å². The van der Waals surface area contributed by atoms with Crippen molar-refractivity contribution in [2.45, 2.75) is 16.7 Å². The number of benzene rings is 2. The molecule has 0 atom stereocenters. The molecule has 3 aromatic rings. The molecule has 1 aliphatic heterocycles. The molecule has 9 heteroatoms. The van der Waals surface area contributed by atoms with Gasteiger partial charge >= 0.3 is 0 Å². The fraction of sp³-hybridized carbons (Fsp3) is 0.348. The molecule has 2 heterocycles. The summed E-state index contributed by atoms with van der Waals surface area (Å²) in [6, 6.07) is 9.79. The smallest absolute Gasteiger partial charge is 0.210 e. The third kappa shape index (κ3) is 4.10. The molecular weight excluding hydrogens is 450 g/mol. The van der Waals surface area contributed by atoms with E-state index in [9.17, 15) is 8.42 Å². The molecule has 0 aliphatic carbocycles. The fourth-order valence-corrected chi connectivity index (χ4v) is 5.60. The van der Waals surface area contributed by atoms with E-state index in [1.165, 1.54) is 18.3 Å². The normalized spacial score (nSPS) is 15.2. The highest BCUT2D eigenvalue weighted by Gasteiger charge is 2.29. The number of ether oxygens (including phenoxy) is 2. The van der Waals surface area contributed by atoms with Crippen molar-refractivity contribution in [1.82, 2.24) is 9.88 Å². The standard InChI is InChI=1S/C23H26ClN3O4S/c1-4-26-9-11-27(12-10-26)23-18-13-20(30-2)21(31-3)14-19(18)25-15-22(23)32(28,29)17-7-5-16(24)6-8-17/h5-8,13-15H,4,9-12H2,1-3H3. The lowest BCUT2D eigenvalue weighted by Crippen LogP contribution is -2.46. The van der Waals surface area contributed by atoms with E-state index in [0.717, 1.165) is 19.6 Å². The van der Waals surface area contributed by atoms with Crippen LogP contribution in [0.15, 0.2) is 52.4 Å². The minimum absolute atomic E-state index is 0.171. The largest absolute Gasteiger partial charge is 0.493 e. The molecule has 32 heavy (non-hydrogen) atoms. The number of hydrogen-bond acceptors (Lipinski definition) is 7. The van der Waals surface area contributed by atoms with E-state index >= 15 is 0 Å². The number of hydrogen-bond donors (Lipinski definition) is 0. The molecule has 7 nitrogen and oxygen atoms in total. The van der Waals surface area contributed by atoms with E-state index in [2.05, 4.69) is 21.7 Å². The van der Waals surface area contributed by atoms with Gasteiger partial charge in [0.25, 0.3) is 0 Å². The lowest BCUT2D eigenvalue weighted by molar-refractivity contribution is 0.271. The summed E-state index contributed by atoms with van der Waals surface area (Å²) in [5.41, 5.74) is 1.28. The van der Waals surface area contributed by atoms with Crippen LogP contribution in [0.25, 0.3) is 10.9 Å². The van der Waals surface area contributed by atoms with Gasteiger partial charge < -0.3 is 19.3 Å². The molecule has 0 amide bonds. The lowest BCUT2D eigenvalue weighted by atomic mass is 10.1. The summed E-state index contributed by atoms with van der Waals surface area (Å²) < 4.78 is 38.3. The third-order valence-electron chi connectivity index (χ3n) is 5.86. The molecule has 1 aromatic heterocycles. The van der Waals surface area contributed by atoms with Crippen LogP contribution >= 0.6 is 11.6 Å². The van der Waals surface area contributed by atoms with Gasteiger partial charge in [0.2, 0.25) is 9.84 Å². The number of rotatable bonds is 6. The zero-order valence-electron chi connectivity index (χ0n) is 18.3. The summed E-state index contributed by atoms with van der Waals surface area (Å²) >= 11 is 5.98. The maximum Gasteiger partial charge on any atom is 0.210 e. The van der Waals surface area contributed by atoms with E-state index in [1.54, 1.807) is 32.4 Å². The quantitative estimate of drug-likeness (QED) is 0.535. The van der Waals surface area contributed by atoms with Crippen LogP contribution in [0.1, 0.15) is 6.92 Å². The van der Waals surface area contributed by atoms with E-state index in [1.807, 2.05) is 6.07 Å². The first-order valence-electron chi connectivity index (χ1n) is 10.4. The molecule has 4 rings (SSSR count). The van der Waals surface area contributed by atoms with Crippen LogP contribution in [0.3, 0.4) is 0 Å². The van der Waals surface area contributed by atoms with Gasteiger partial charge in [0, 0.05) is 48.9 Å². The molecule has 1 saturated heterocycles. The maximum absolute atomic E-state index is 13.7. The predicted molar refractivity (Wildman–Crippen MR) is 126 cm³/mol. The Morgan fingerprint density at radius 1 is 1.00 bits per heavy atom. The zero-order chi connectivity index (χ0) is 22.9. The SMILES string of the molecule is CCN1CCN(c2c(S(=O)(=O)c3ccc(Cl)cc3)cnc3cc(OC)c(OC)cc23)CC1. The summed E-state index contributed by atoms with van der Waals surface area (Å²) in [5.74, 6) is 1.07. The van der Waals surface area contributed by atoms with Crippen molar-refractivity contribution in [3.63, 3.8) is 0 Å². The number of fused-ring (bicyclic) bond motifs is 1. The van der Waals surface area contributed by atoms with Crippen molar-refractivity contribution in [2.24, 2.45) is 0 Å². The van der Waals surface area contributed by atoms with Crippen molar-refractivity contribution >= 4 is 38.0 Å². The summed E-state index contributed by atoms with van der Waals surface area (Å²) in [6.07, 6.45) is 1.44. The highest BCUT2D eigenvalue weighted by molar-refractivity contribution is 7.91. The lowest BCUT2D eigenvalue weighted by Gasteiger charge is -2.36. The number of anilines is 1. The van der Waals surface area contributed by atoms with Gasteiger partial charge in [-0.3, -0.25) is 4.98 Å². The first-order chi connectivity index (χ1) is 15.4. The molecule has 0 saturated carbocycles. The monoisotopic (exact) mass is 475 g/mol. The first kappa shape index (κ1) is 22.6. The van der Waals surface area contributed by atoms with Gasteiger partial charge in [0.1, 0.15) is 4.90 Å². The Kier molecular flexibility index (Phi) is 6.46. The molecular formula is C23H26ClN3O4S. The number of sulfone groups is 1. The number of piperazine rings is 1. The minimum atomic E-state index is -3.83. The third-order valence-corrected chi connectivity index (χ3v) is 7.88. The van der Waals surface area contributed by atoms with Gasteiger partial charge in [0.05, 0.1) is 30.3 Å².